The lowest BCUT2D eigenvalue weighted by Crippen LogP contribution is -2.09. The molecule has 0 aliphatic carbocycles. The Kier molecular flexibility index (Phi) is 3.39. The van der Waals surface area contributed by atoms with E-state index >= 15 is 0 Å². The molecule has 3 nitrogen and oxygen atoms in total. The van der Waals surface area contributed by atoms with Gasteiger partial charge in [0.2, 0.25) is 0 Å². The third kappa shape index (κ3) is 2.69. The molecule has 5 heteroatoms. The summed E-state index contributed by atoms with van der Waals surface area (Å²) in [5.74, 6) is -1.24. The first-order valence-corrected chi connectivity index (χ1v) is 3.84. The van der Waals surface area contributed by atoms with E-state index in [2.05, 4.69) is 4.74 Å². The van der Waals surface area contributed by atoms with Crippen LogP contribution in [0.1, 0.15) is 10.4 Å². The maximum atomic E-state index is 11.8. The van der Waals surface area contributed by atoms with Crippen LogP contribution in [0.15, 0.2) is 24.3 Å². The summed E-state index contributed by atoms with van der Waals surface area (Å²) in [6, 6.07) is 5.65. The lowest BCUT2D eigenvalue weighted by Gasteiger charge is -2.07. The van der Waals surface area contributed by atoms with Crippen LogP contribution in [-0.4, -0.2) is 24.1 Å². The van der Waals surface area contributed by atoms with Gasteiger partial charge in [-0.2, -0.15) is 0 Å². The summed E-state index contributed by atoms with van der Waals surface area (Å²) in [6.07, 6.45) is -2.61. The number of rotatable bonds is 4. The van der Waals surface area contributed by atoms with Crippen LogP contribution in [0.4, 0.5) is 8.78 Å². The lowest BCUT2D eigenvalue weighted by molar-refractivity contribution is 0.0664. The number of hydrogen-bond acceptors (Lipinski definition) is 2. The highest BCUT2D eigenvalue weighted by Gasteiger charge is 2.11. The summed E-state index contributed by atoms with van der Waals surface area (Å²) in [5, 5.41) is 8.66. The van der Waals surface area contributed by atoms with Crippen molar-refractivity contribution in [1.29, 1.82) is 0 Å². The van der Waals surface area contributed by atoms with Gasteiger partial charge in [-0.25, -0.2) is 13.6 Å². The molecule has 0 heterocycles. The Bertz CT molecular complexity index is 326. The van der Waals surface area contributed by atoms with E-state index in [9.17, 15) is 13.6 Å². The van der Waals surface area contributed by atoms with Gasteiger partial charge in [0.05, 0.1) is 0 Å². The first-order chi connectivity index (χ1) is 6.61. The minimum Gasteiger partial charge on any atom is -0.487 e. The van der Waals surface area contributed by atoms with E-state index < -0.39 is 19.0 Å². The highest BCUT2D eigenvalue weighted by atomic mass is 19.3. The topological polar surface area (TPSA) is 46.5 Å². The Balaban J connectivity index is 2.79. The molecule has 0 aliphatic rings. The third-order valence-corrected chi connectivity index (χ3v) is 1.48. The predicted molar refractivity (Wildman–Crippen MR) is 44.9 cm³/mol. The molecule has 0 atom stereocenters. The molecule has 1 rings (SSSR count). The average Bonchev–Trinajstić information content (AvgIpc) is 2.15. The Morgan fingerprint density at radius 2 is 2.07 bits per heavy atom. The van der Waals surface area contributed by atoms with Crippen LogP contribution in [0.5, 0.6) is 5.75 Å². The average molecular weight is 202 g/mol. The van der Waals surface area contributed by atoms with Crippen LogP contribution in [-0.2, 0) is 0 Å². The zero-order chi connectivity index (χ0) is 10.6. The van der Waals surface area contributed by atoms with Crippen molar-refractivity contribution in [2.45, 2.75) is 6.43 Å². The van der Waals surface area contributed by atoms with E-state index in [1.165, 1.54) is 24.3 Å². The summed E-state index contributed by atoms with van der Waals surface area (Å²) in [6.45, 7) is -0.801. The van der Waals surface area contributed by atoms with Crippen LogP contribution >= 0.6 is 0 Å². The zero-order valence-corrected chi connectivity index (χ0v) is 7.11. The number of aromatic carboxylic acids is 1. The van der Waals surface area contributed by atoms with Gasteiger partial charge in [0.1, 0.15) is 17.9 Å². The van der Waals surface area contributed by atoms with Gasteiger partial charge in [-0.15, -0.1) is 0 Å². The molecule has 0 amide bonds. The van der Waals surface area contributed by atoms with Crippen molar-refractivity contribution in [3.8, 4) is 5.75 Å². The third-order valence-electron chi connectivity index (χ3n) is 1.48. The normalized spacial score (nSPS) is 10.2. The molecular formula is C9H8F2O3. The van der Waals surface area contributed by atoms with Gasteiger partial charge < -0.3 is 9.84 Å². The number of para-hydroxylation sites is 1. The number of carbonyl (C=O) groups is 1. The summed E-state index contributed by atoms with van der Waals surface area (Å²) >= 11 is 0. The molecule has 1 N–H and O–H groups in total. The molecule has 1 aromatic rings. The van der Waals surface area contributed by atoms with E-state index in [1.54, 1.807) is 0 Å². The van der Waals surface area contributed by atoms with E-state index in [1.807, 2.05) is 0 Å². The maximum Gasteiger partial charge on any atom is 0.339 e. The maximum absolute atomic E-state index is 11.8. The van der Waals surface area contributed by atoms with Crippen molar-refractivity contribution in [3.05, 3.63) is 29.8 Å². The number of ether oxygens (including phenoxy) is 1. The summed E-state index contributed by atoms with van der Waals surface area (Å²) < 4.78 is 28.2. The SMILES string of the molecule is O=C(O)c1ccccc1OCC(F)F. The number of benzene rings is 1. The Morgan fingerprint density at radius 3 is 2.64 bits per heavy atom. The number of carboxylic acid groups (broad SMARTS) is 1. The number of alkyl halides is 2. The summed E-state index contributed by atoms with van der Waals surface area (Å²) in [5.41, 5.74) is -0.117. The fraction of sp³-hybridized carbons (Fsp3) is 0.222. The first-order valence-electron chi connectivity index (χ1n) is 3.84. The molecule has 0 aromatic heterocycles. The number of halogens is 2. The van der Waals surface area contributed by atoms with Crippen LogP contribution < -0.4 is 4.74 Å². The molecule has 1 aromatic carbocycles. The van der Waals surface area contributed by atoms with E-state index in [0.29, 0.717) is 0 Å². The second-order valence-corrected chi connectivity index (χ2v) is 2.50. The second-order valence-electron chi connectivity index (χ2n) is 2.50. The Labute approximate surface area is 78.9 Å². The smallest absolute Gasteiger partial charge is 0.339 e. The molecule has 0 radical (unpaired) electrons. The van der Waals surface area contributed by atoms with Gasteiger partial charge >= 0.3 is 5.97 Å². The van der Waals surface area contributed by atoms with Gasteiger partial charge in [0, 0.05) is 0 Å². The molecule has 0 bridgehead atoms. The quantitative estimate of drug-likeness (QED) is 0.812. The largest absolute Gasteiger partial charge is 0.487 e. The molecule has 0 spiro atoms. The Hall–Kier alpha value is -1.65. The van der Waals surface area contributed by atoms with Crippen molar-refractivity contribution >= 4 is 5.97 Å². The molecule has 0 aliphatic heterocycles. The fourth-order valence-corrected chi connectivity index (χ4v) is 0.922. The molecular weight excluding hydrogens is 194 g/mol. The van der Waals surface area contributed by atoms with Crippen LogP contribution in [0.2, 0.25) is 0 Å². The van der Waals surface area contributed by atoms with Crippen molar-refractivity contribution < 1.29 is 23.4 Å². The number of carboxylic acids is 1. The van der Waals surface area contributed by atoms with Crippen molar-refractivity contribution in [2.75, 3.05) is 6.61 Å². The van der Waals surface area contributed by atoms with Crippen LogP contribution in [0.25, 0.3) is 0 Å². The van der Waals surface area contributed by atoms with Crippen molar-refractivity contribution in [2.24, 2.45) is 0 Å². The molecule has 0 fully saturated rings. The van der Waals surface area contributed by atoms with E-state index in [0.717, 1.165) is 0 Å². The van der Waals surface area contributed by atoms with Gasteiger partial charge in [-0.3, -0.25) is 0 Å². The minimum absolute atomic E-state index is 0.0414. The van der Waals surface area contributed by atoms with E-state index in [-0.39, 0.29) is 11.3 Å². The first kappa shape index (κ1) is 10.4. The minimum atomic E-state index is -2.61. The molecule has 0 unspecified atom stereocenters. The number of hydrogen-bond donors (Lipinski definition) is 1. The summed E-state index contributed by atoms with van der Waals surface area (Å²) in [4.78, 5) is 10.6. The van der Waals surface area contributed by atoms with Gasteiger partial charge in [-0.1, -0.05) is 12.1 Å². The van der Waals surface area contributed by atoms with Gasteiger partial charge in [0.25, 0.3) is 6.43 Å². The van der Waals surface area contributed by atoms with Crippen LogP contribution in [0.3, 0.4) is 0 Å². The summed E-state index contributed by atoms with van der Waals surface area (Å²) in [7, 11) is 0. The molecule has 0 saturated carbocycles. The van der Waals surface area contributed by atoms with Gasteiger partial charge in [0.15, 0.2) is 0 Å². The lowest BCUT2D eigenvalue weighted by atomic mass is 10.2. The van der Waals surface area contributed by atoms with Crippen molar-refractivity contribution in [1.82, 2.24) is 0 Å². The molecule has 76 valence electrons. The van der Waals surface area contributed by atoms with Crippen LogP contribution in [0, 0.1) is 0 Å². The second kappa shape index (κ2) is 4.55. The standard InChI is InChI=1S/C9H8F2O3/c10-8(11)5-14-7-4-2-1-3-6(7)9(12)13/h1-4,8H,5H2,(H,12,13). The van der Waals surface area contributed by atoms with E-state index in [4.69, 9.17) is 5.11 Å². The predicted octanol–water partition coefficient (Wildman–Crippen LogP) is 2.03. The van der Waals surface area contributed by atoms with Crippen molar-refractivity contribution in [3.63, 3.8) is 0 Å². The zero-order valence-electron chi connectivity index (χ0n) is 7.11. The Morgan fingerprint density at radius 1 is 1.43 bits per heavy atom. The van der Waals surface area contributed by atoms with Gasteiger partial charge in [-0.05, 0) is 12.1 Å². The highest BCUT2D eigenvalue weighted by Crippen LogP contribution is 2.18. The fourth-order valence-electron chi connectivity index (χ4n) is 0.922. The molecule has 0 saturated heterocycles. The molecule has 14 heavy (non-hydrogen) atoms. The highest BCUT2D eigenvalue weighted by molar-refractivity contribution is 5.90. The monoisotopic (exact) mass is 202 g/mol.